The molecule has 0 spiro atoms. The van der Waals surface area contributed by atoms with Gasteiger partial charge in [-0.15, -0.1) is 0 Å². The van der Waals surface area contributed by atoms with Gasteiger partial charge in [0.1, 0.15) is 25.7 Å². The van der Waals surface area contributed by atoms with Crippen LogP contribution in [0.4, 0.5) is 0 Å². The molecule has 0 rings (SSSR count). The Labute approximate surface area is 144 Å². The van der Waals surface area contributed by atoms with Crippen molar-refractivity contribution in [2.75, 3.05) is 72.4 Å². The second kappa shape index (κ2) is 13.7. The number of allylic oxidation sites excluding steroid dienone is 1. The second-order valence-electron chi connectivity index (χ2n) is 5.81. The van der Waals surface area contributed by atoms with Crippen LogP contribution in [-0.4, -0.2) is 124 Å². The highest BCUT2D eigenvalue weighted by atomic mass is 16.3. The van der Waals surface area contributed by atoms with Crippen molar-refractivity contribution >= 4 is 0 Å². The van der Waals surface area contributed by atoms with Crippen LogP contribution in [0, 0.1) is 0 Å². The van der Waals surface area contributed by atoms with E-state index in [4.69, 9.17) is 0 Å². The predicted molar refractivity (Wildman–Crippen MR) is 91.3 cm³/mol. The van der Waals surface area contributed by atoms with Crippen molar-refractivity contribution in [2.45, 2.75) is 19.0 Å². The average Bonchev–Trinajstić information content (AvgIpc) is 2.55. The number of aliphatic hydroxyl groups is 6. The van der Waals surface area contributed by atoms with E-state index in [1.165, 1.54) is 0 Å². The van der Waals surface area contributed by atoms with Gasteiger partial charge in [-0.1, -0.05) is 6.08 Å². The second-order valence-corrected chi connectivity index (χ2v) is 5.81. The third-order valence-corrected chi connectivity index (χ3v) is 4.48. The molecule has 24 heavy (non-hydrogen) atoms. The molecule has 0 aliphatic heterocycles. The Morgan fingerprint density at radius 2 is 1.25 bits per heavy atom. The first-order valence-corrected chi connectivity index (χ1v) is 8.48. The molecule has 0 bridgehead atoms. The van der Waals surface area contributed by atoms with Crippen molar-refractivity contribution in [1.29, 1.82) is 0 Å². The van der Waals surface area contributed by atoms with Gasteiger partial charge in [-0.25, -0.2) is 0 Å². The molecule has 0 aromatic rings. The van der Waals surface area contributed by atoms with Crippen LogP contribution >= 0.6 is 0 Å². The van der Waals surface area contributed by atoms with E-state index < -0.39 is 6.04 Å². The van der Waals surface area contributed by atoms with Crippen LogP contribution in [0.25, 0.3) is 0 Å². The van der Waals surface area contributed by atoms with Crippen LogP contribution in [-0.2, 0) is 0 Å². The summed E-state index contributed by atoms with van der Waals surface area (Å²) >= 11 is 0. The molecule has 0 radical (unpaired) electrons. The molecule has 8 nitrogen and oxygen atoms in total. The molecule has 2 unspecified atom stereocenters. The molecule has 6 N–H and O–H groups in total. The van der Waals surface area contributed by atoms with Gasteiger partial charge < -0.3 is 35.1 Å². The van der Waals surface area contributed by atoms with Gasteiger partial charge in [-0.05, 0) is 13.0 Å². The number of quaternary nitrogens is 1. The third-order valence-electron chi connectivity index (χ3n) is 4.48. The minimum Gasteiger partial charge on any atom is -0.395 e. The lowest BCUT2D eigenvalue weighted by molar-refractivity contribution is -0.948. The van der Waals surface area contributed by atoms with E-state index >= 15 is 0 Å². The molecule has 0 saturated heterocycles. The van der Waals surface area contributed by atoms with Crippen molar-refractivity contribution in [3.8, 4) is 0 Å². The zero-order valence-electron chi connectivity index (χ0n) is 14.7. The van der Waals surface area contributed by atoms with Crippen LogP contribution in [0.3, 0.4) is 0 Å². The Morgan fingerprint density at radius 1 is 0.792 bits per heavy atom. The number of nitrogens with zero attached hydrogens (tertiary/aromatic N) is 2. The number of rotatable bonds is 15. The van der Waals surface area contributed by atoms with Crippen LogP contribution < -0.4 is 0 Å². The fourth-order valence-corrected chi connectivity index (χ4v) is 3.39. The maximum absolute atomic E-state index is 9.98. The van der Waals surface area contributed by atoms with Crippen LogP contribution in [0.5, 0.6) is 0 Å². The van der Waals surface area contributed by atoms with Gasteiger partial charge in [0.15, 0.2) is 0 Å². The molecule has 8 heteroatoms. The van der Waals surface area contributed by atoms with Crippen molar-refractivity contribution in [3.63, 3.8) is 0 Å². The van der Waals surface area contributed by atoms with Crippen LogP contribution in [0.15, 0.2) is 12.2 Å². The number of aliphatic hydroxyl groups excluding tert-OH is 6. The molecule has 0 fully saturated rings. The number of hydrogen-bond acceptors (Lipinski definition) is 7. The molecule has 2 atom stereocenters. The zero-order valence-corrected chi connectivity index (χ0v) is 14.7. The fourth-order valence-electron chi connectivity index (χ4n) is 3.39. The first-order chi connectivity index (χ1) is 11.6. The lowest BCUT2D eigenvalue weighted by Gasteiger charge is -2.48. The van der Waals surface area contributed by atoms with E-state index in [0.29, 0.717) is 19.6 Å². The Hall–Kier alpha value is -0.580. The summed E-state index contributed by atoms with van der Waals surface area (Å²) in [6.45, 7) is 2.58. The lowest BCUT2D eigenvalue weighted by atomic mass is 10.00. The Balaban J connectivity index is 5.83. The molecule has 0 heterocycles. The highest BCUT2D eigenvalue weighted by Crippen LogP contribution is 2.22. The molecule has 0 saturated carbocycles. The van der Waals surface area contributed by atoms with Gasteiger partial charge in [0, 0.05) is 13.1 Å². The van der Waals surface area contributed by atoms with Gasteiger partial charge in [0.05, 0.1) is 45.7 Å². The SMILES string of the molecule is C/C=C/C(C(CO)N(CCO)CCO)[N+](CCO)(CCO)CCO. The highest BCUT2D eigenvalue weighted by Gasteiger charge is 2.41. The average molecular weight is 351 g/mol. The summed E-state index contributed by atoms with van der Waals surface area (Å²) in [6.07, 6.45) is 3.73. The Kier molecular flexibility index (Phi) is 13.4. The molecule has 0 aromatic heterocycles. The standard InChI is InChI=1S/C16H35N2O6/c1-2-3-16(15(14-24)17(4-9-19)5-10-20)18(6-11-21,7-12-22)8-13-23/h2-3,15-16,19-24H,4-14H2,1H3/q+1/b3-2+. The first-order valence-electron chi connectivity index (χ1n) is 8.48. The van der Waals surface area contributed by atoms with E-state index in [9.17, 15) is 30.6 Å². The maximum atomic E-state index is 9.98. The van der Waals surface area contributed by atoms with E-state index in [1.54, 1.807) is 4.90 Å². The van der Waals surface area contributed by atoms with Crippen molar-refractivity contribution in [3.05, 3.63) is 12.2 Å². The molecular weight excluding hydrogens is 316 g/mol. The largest absolute Gasteiger partial charge is 0.395 e. The summed E-state index contributed by atoms with van der Waals surface area (Å²) in [6, 6.07) is -0.741. The molecule has 0 amide bonds. The molecule has 0 aromatic carbocycles. The minimum absolute atomic E-state index is 0.112. The van der Waals surface area contributed by atoms with Crippen LogP contribution in [0.2, 0.25) is 0 Å². The Morgan fingerprint density at radius 3 is 1.54 bits per heavy atom. The monoisotopic (exact) mass is 351 g/mol. The lowest BCUT2D eigenvalue weighted by Crippen LogP contribution is -2.66. The molecule has 0 aliphatic carbocycles. The molecule has 0 aliphatic rings. The van der Waals surface area contributed by atoms with Gasteiger partial charge in [0.25, 0.3) is 0 Å². The summed E-state index contributed by atoms with van der Waals surface area (Å²) < 4.78 is 0.215. The Bertz CT molecular complexity index is 307. The van der Waals surface area contributed by atoms with Crippen LogP contribution in [0.1, 0.15) is 6.92 Å². The van der Waals surface area contributed by atoms with E-state index in [2.05, 4.69) is 0 Å². The summed E-state index contributed by atoms with van der Waals surface area (Å²) in [4.78, 5) is 1.80. The van der Waals surface area contributed by atoms with Crippen molar-refractivity contribution in [1.82, 2.24) is 4.90 Å². The maximum Gasteiger partial charge on any atom is 0.126 e. The number of hydrogen-bond donors (Lipinski definition) is 6. The van der Waals surface area contributed by atoms with Gasteiger partial charge in [-0.2, -0.15) is 0 Å². The highest BCUT2D eigenvalue weighted by molar-refractivity contribution is 4.96. The zero-order chi connectivity index (χ0) is 18.4. The van der Waals surface area contributed by atoms with Crippen molar-refractivity contribution < 1.29 is 35.1 Å². The summed E-state index contributed by atoms with van der Waals surface area (Å²) in [7, 11) is 0. The van der Waals surface area contributed by atoms with Gasteiger partial charge in [0.2, 0.25) is 0 Å². The van der Waals surface area contributed by atoms with E-state index in [0.717, 1.165) is 0 Å². The van der Waals surface area contributed by atoms with Crippen molar-refractivity contribution in [2.24, 2.45) is 0 Å². The topological polar surface area (TPSA) is 125 Å². The summed E-state index contributed by atoms with van der Waals surface area (Å²) in [5, 5.41) is 57.1. The summed E-state index contributed by atoms with van der Waals surface area (Å²) in [5.41, 5.74) is 0. The first kappa shape index (κ1) is 23.4. The summed E-state index contributed by atoms with van der Waals surface area (Å²) in [5.74, 6) is 0. The quantitative estimate of drug-likeness (QED) is 0.141. The molecular formula is C16H35N2O6+. The predicted octanol–water partition coefficient (Wildman–Crippen LogP) is -2.63. The third kappa shape index (κ3) is 6.73. The minimum atomic E-state index is -0.426. The van der Waals surface area contributed by atoms with E-state index in [-0.39, 0.29) is 63.3 Å². The van der Waals surface area contributed by atoms with E-state index in [1.807, 2.05) is 19.1 Å². The normalized spacial score (nSPS) is 15.3. The van der Waals surface area contributed by atoms with Gasteiger partial charge in [-0.3, -0.25) is 4.90 Å². The van der Waals surface area contributed by atoms with Gasteiger partial charge >= 0.3 is 0 Å². The molecule has 144 valence electrons. The smallest absolute Gasteiger partial charge is 0.126 e. The fraction of sp³-hybridized carbons (Fsp3) is 0.875.